The topological polar surface area (TPSA) is 127 Å². The van der Waals surface area contributed by atoms with Crippen LogP contribution < -0.4 is 0 Å². The first kappa shape index (κ1) is 26.0. The first-order valence-corrected chi connectivity index (χ1v) is 9.89. The number of rotatable bonds is 13. The lowest BCUT2D eigenvalue weighted by atomic mass is 9.77. The molecule has 0 aromatic heterocycles. The van der Waals surface area contributed by atoms with Crippen LogP contribution in [0.2, 0.25) is 0 Å². The quantitative estimate of drug-likeness (QED) is 0.355. The van der Waals surface area contributed by atoms with E-state index in [2.05, 4.69) is 11.7 Å². The lowest BCUT2D eigenvalue weighted by molar-refractivity contribution is -0.196. The third-order valence-electron chi connectivity index (χ3n) is 5.15. The van der Waals surface area contributed by atoms with Crippen LogP contribution in [-0.2, 0) is 28.7 Å². The maximum absolute atomic E-state index is 12.8. The molecule has 2 atom stereocenters. The SMILES string of the molecule is CCCCC(CC)C(CC)(CC)OC(=O)C(O)(CC(=O)O)CC(=O)OC(C)=O. The number of hydrogen-bond acceptors (Lipinski definition) is 7. The monoisotopic (exact) mass is 402 g/mol. The largest absolute Gasteiger partial charge is 0.481 e. The van der Waals surface area contributed by atoms with E-state index >= 15 is 0 Å². The maximum Gasteiger partial charge on any atom is 0.339 e. The molecule has 0 saturated carbocycles. The van der Waals surface area contributed by atoms with Gasteiger partial charge in [0.25, 0.3) is 0 Å². The molecule has 0 fully saturated rings. The van der Waals surface area contributed by atoms with Crippen molar-refractivity contribution < 1.29 is 38.9 Å². The third kappa shape index (κ3) is 7.58. The summed E-state index contributed by atoms with van der Waals surface area (Å²) >= 11 is 0. The molecule has 0 bridgehead atoms. The van der Waals surface area contributed by atoms with E-state index in [1.54, 1.807) is 0 Å². The van der Waals surface area contributed by atoms with E-state index in [0.717, 1.165) is 32.6 Å². The fraction of sp³-hybridized carbons (Fsp3) is 0.800. The highest BCUT2D eigenvalue weighted by atomic mass is 16.6. The van der Waals surface area contributed by atoms with Gasteiger partial charge < -0.3 is 19.7 Å². The van der Waals surface area contributed by atoms with E-state index in [1.807, 2.05) is 20.8 Å². The van der Waals surface area contributed by atoms with Gasteiger partial charge in [-0.05, 0) is 31.6 Å². The van der Waals surface area contributed by atoms with Crippen molar-refractivity contribution in [2.24, 2.45) is 5.92 Å². The molecule has 2 N–H and O–H groups in total. The number of aliphatic carboxylic acids is 1. The summed E-state index contributed by atoms with van der Waals surface area (Å²) in [5.74, 6) is -4.74. The average molecular weight is 402 g/mol. The van der Waals surface area contributed by atoms with Gasteiger partial charge in [-0.15, -0.1) is 0 Å². The standard InChI is InChI=1S/C20H34O8/c1-6-10-11-15(7-2)20(8-3,9-4)28-18(25)19(26,12-16(22)23)13-17(24)27-14(5)21/h15,26H,6-13H2,1-5H3,(H,22,23). The lowest BCUT2D eigenvalue weighted by Crippen LogP contribution is -2.51. The molecule has 0 rings (SSSR count). The second-order valence-corrected chi connectivity index (χ2v) is 7.15. The van der Waals surface area contributed by atoms with E-state index < -0.39 is 47.9 Å². The molecule has 0 aromatic rings. The summed E-state index contributed by atoms with van der Waals surface area (Å²) in [4.78, 5) is 46.7. The molecule has 0 spiro atoms. The highest BCUT2D eigenvalue weighted by molar-refractivity contribution is 5.92. The van der Waals surface area contributed by atoms with E-state index in [0.29, 0.717) is 12.8 Å². The summed E-state index contributed by atoms with van der Waals surface area (Å²) in [7, 11) is 0. The van der Waals surface area contributed by atoms with Crippen molar-refractivity contribution in [1.82, 2.24) is 0 Å². The van der Waals surface area contributed by atoms with Gasteiger partial charge in [0.2, 0.25) is 0 Å². The molecular weight excluding hydrogens is 368 g/mol. The number of esters is 3. The van der Waals surface area contributed by atoms with Gasteiger partial charge in [-0.25, -0.2) is 4.79 Å². The Hall–Kier alpha value is -1.96. The Morgan fingerprint density at radius 1 is 1.00 bits per heavy atom. The van der Waals surface area contributed by atoms with E-state index in [1.165, 1.54) is 0 Å². The maximum atomic E-state index is 12.8. The van der Waals surface area contributed by atoms with Crippen molar-refractivity contribution in [3.63, 3.8) is 0 Å². The molecule has 0 amide bonds. The molecule has 8 nitrogen and oxygen atoms in total. The fourth-order valence-corrected chi connectivity index (χ4v) is 3.52. The van der Waals surface area contributed by atoms with Crippen LogP contribution in [0, 0.1) is 5.92 Å². The van der Waals surface area contributed by atoms with Crippen LogP contribution in [0.5, 0.6) is 0 Å². The Kier molecular flexibility index (Phi) is 11.0. The Morgan fingerprint density at radius 2 is 1.57 bits per heavy atom. The van der Waals surface area contributed by atoms with Crippen molar-refractivity contribution in [3.8, 4) is 0 Å². The van der Waals surface area contributed by atoms with Gasteiger partial charge in [-0.1, -0.05) is 40.5 Å². The molecule has 0 aromatic carbocycles. The van der Waals surface area contributed by atoms with Crippen molar-refractivity contribution >= 4 is 23.9 Å². The number of carboxylic acid groups (broad SMARTS) is 1. The molecule has 8 heteroatoms. The fourth-order valence-electron chi connectivity index (χ4n) is 3.52. The highest BCUT2D eigenvalue weighted by Gasteiger charge is 2.48. The smallest absolute Gasteiger partial charge is 0.339 e. The molecule has 0 aliphatic rings. The van der Waals surface area contributed by atoms with Gasteiger partial charge in [-0.2, -0.15) is 0 Å². The van der Waals surface area contributed by atoms with Gasteiger partial charge in [0.1, 0.15) is 5.60 Å². The van der Waals surface area contributed by atoms with Crippen LogP contribution in [0.4, 0.5) is 0 Å². The average Bonchev–Trinajstić information content (AvgIpc) is 2.59. The summed E-state index contributed by atoms with van der Waals surface area (Å²) in [6.45, 7) is 8.77. The zero-order chi connectivity index (χ0) is 22.0. The van der Waals surface area contributed by atoms with Crippen molar-refractivity contribution in [2.45, 2.75) is 97.2 Å². The second kappa shape index (κ2) is 11.8. The predicted octanol–water partition coefficient (Wildman–Crippen LogP) is 2.99. The number of hydrogen-bond donors (Lipinski definition) is 2. The normalized spacial score (nSPS) is 14.6. The number of carboxylic acids is 1. The van der Waals surface area contributed by atoms with Gasteiger partial charge in [0.15, 0.2) is 5.60 Å². The van der Waals surface area contributed by atoms with Crippen LogP contribution in [-0.4, -0.2) is 45.3 Å². The summed E-state index contributed by atoms with van der Waals surface area (Å²) < 4.78 is 10.1. The summed E-state index contributed by atoms with van der Waals surface area (Å²) in [6.07, 6.45) is 2.46. The van der Waals surface area contributed by atoms with Crippen LogP contribution in [0.1, 0.15) is 86.0 Å². The van der Waals surface area contributed by atoms with E-state index in [4.69, 9.17) is 9.84 Å². The molecule has 0 aliphatic heterocycles. The molecular formula is C20H34O8. The first-order valence-electron chi connectivity index (χ1n) is 9.89. The number of carbonyl (C=O) groups excluding carboxylic acids is 3. The summed E-state index contributed by atoms with van der Waals surface area (Å²) in [5.41, 5.74) is -3.49. The Bertz CT molecular complexity index is 552. The minimum absolute atomic E-state index is 0.0321. The summed E-state index contributed by atoms with van der Waals surface area (Å²) in [5, 5.41) is 19.7. The predicted molar refractivity (Wildman–Crippen MR) is 101 cm³/mol. The Morgan fingerprint density at radius 3 is 1.96 bits per heavy atom. The van der Waals surface area contributed by atoms with Crippen molar-refractivity contribution in [2.75, 3.05) is 0 Å². The lowest BCUT2D eigenvalue weighted by Gasteiger charge is -2.41. The zero-order valence-corrected chi connectivity index (χ0v) is 17.6. The minimum Gasteiger partial charge on any atom is -0.481 e. The highest BCUT2D eigenvalue weighted by Crippen LogP contribution is 2.37. The van der Waals surface area contributed by atoms with Gasteiger partial charge >= 0.3 is 23.9 Å². The molecule has 0 aliphatic carbocycles. The van der Waals surface area contributed by atoms with Gasteiger partial charge in [-0.3, -0.25) is 14.4 Å². The minimum atomic E-state index is -2.61. The van der Waals surface area contributed by atoms with Crippen molar-refractivity contribution in [3.05, 3.63) is 0 Å². The molecule has 162 valence electrons. The third-order valence-corrected chi connectivity index (χ3v) is 5.15. The molecule has 28 heavy (non-hydrogen) atoms. The van der Waals surface area contributed by atoms with E-state index in [-0.39, 0.29) is 5.92 Å². The number of carbonyl (C=O) groups is 4. The number of aliphatic hydroxyl groups is 1. The molecule has 0 saturated heterocycles. The van der Waals surface area contributed by atoms with Gasteiger partial charge in [0, 0.05) is 6.92 Å². The van der Waals surface area contributed by atoms with Gasteiger partial charge in [0.05, 0.1) is 12.8 Å². The van der Waals surface area contributed by atoms with Crippen LogP contribution in [0.25, 0.3) is 0 Å². The van der Waals surface area contributed by atoms with Crippen LogP contribution >= 0.6 is 0 Å². The first-order chi connectivity index (χ1) is 13.0. The number of ether oxygens (including phenoxy) is 2. The van der Waals surface area contributed by atoms with Crippen molar-refractivity contribution in [1.29, 1.82) is 0 Å². The van der Waals surface area contributed by atoms with Crippen LogP contribution in [0.15, 0.2) is 0 Å². The Labute approximate surface area is 166 Å². The molecule has 0 heterocycles. The van der Waals surface area contributed by atoms with E-state index in [9.17, 15) is 24.3 Å². The second-order valence-electron chi connectivity index (χ2n) is 7.15. The zero-order valence-electron chi connectivity index (χ0n) is 17.6. The van der Waals surface area contributed by atoms with Crippen LogP contribution in [0.3, 0.4) is 0 Å². The Balaban J connectivity index is 5.71. The molecule has 2 unspecified atom stereocenters. The molecule has 0 radical (unpaired) electrons. The number of unbranched alkanes of at least 4 members (excludes halogenated alkanes) is 1. The summed E-state index contributed by atoms with van der Waals surface area (Å²) in [6, 6.07) is 0.